The van der Waals surface area contributed by atoms with Crippen LogP contribution in [-0.2, 0) is 9.53 Å². The minimum atomic E-state index is -0.153. The van der Waals surface area contributed by atoms with Gasteiger partial charge in [0.25, 0.3) is 0 Å². The lowest BCUT2D eigenvalue weighted by molar-refractivity contribution is -0.120. The highest BCUT2D eigenvalue weighted by molar-refractivity contribution is 7.80. The van der Waals surface area contributed by atoms with Crippen LogP contribution in [0.2, 0.25) is 0 Å². The third kappa shape index (κ3) is 9.23. The van der Waals surface area contributed by atoms with Gasteiger partial charge in [0.2, 0.25) is 5.91 Å². The van der Waals surface area contributed by atoms with E-state index >= 15 is 0 Å². The summed E-state index contributed by atoms with van der Waals surface area (Å²) in [5.41, 5.74) is 5.19. The number of ether oxygens (including phenoxy) is 1. The Morgan fingerprint density at radius 3 is 2.69 bits per heavy atom. The van der Waals surface area contributed by atoms with Gasteiger partial charge in [-0.1, -0.05) is 12.2 Å². The molecule has 0 aromatic heterocycles. The van der Waals surface area contributed by atoms with Crippen molar-refractivity contribution >= 4 is 23.1 Å². The predicted octanol–water partition coefficient (Wildman–Crippen LogP) is 0.204. The average molecular weight is 204 g/mol. The Balaban J connectivity index is 3.32. The fraction of sp³-hybridized carbons (Fsp3) is 0.750. The molecule has 76 valence electrons. The summed E-state index contributed by atoms with van der Waals surface area (Å²) in [6.07, 6.45) is 0.296. The van der Waals surface area contributed by atoms with E-state index in [9.17, 15) is 4.79 Å². The standard InChI is InChI=1S/C8H16N2O2S/c1-6(2)12-4-3-10-8(11)5-7(9)13/h6H,3-5H2,1-2H3,(H2,9,13)(H,10,11). The lowest BCUT2D eigenvalue weighted by Gasteiger charge is -2.08. The molecule has 0 atom stereocenters. The smallest absolute Gasteiger partial charge is 0.226 e. The summed E-state index contributed by atoms with van der Waals surface area (Å²) in [6.45, 7) is 4.90. The molecule has 0 aliphatic heterocycles. The van der Waals surface area contributed by atoms with Crippen molar-refractivity contribution in [3.8, 4) is 0 Å². The van der Waals surface area contributed by atoms with Gasteiger partial charge in [0.15, 0.2) is 0 Å². The van der Waals surface area contributed by atoms with Gasteiger partial charge in [-0.3, -0.25) is 4.79 Å². The van der Waals surface area contributed by atoms with Crippen LogP contribution in [0.3, 0.4) is 0 Å². The number of hydrogen-bond acceptors (Lipinski definition) is 3. The van der Waals surface area contributed by atoms with Gasteiger partial charge in [0.1, 0.15) is 0 Å². The third-order valence-corrected chi connectivity index (χ3v) is 1.35. The van der Waals surface area contributed by atoms with Gasteiger partial charge in [0, 0.05) is 6.54 Å². The van der Waals surface area contributed by atoms with E-state index in [2.05, 4.69) is 17.5 Å². The first-order valence-electron chi connectivity index (χ1n) is 4.19. The fourth-order valence-corrected chi connectivity index (χ4v) is 0.837. The Morgan fingerprint density at radius 2 is 2.23 bits per heavy atom. The quantitative estimate of drug-likeness (QED) is 0.479. The van der Waals surface area contributed by atoms with Crippen molar-refractivity contribution in [1.29, 1.82) is 0 Å². The van der Waals surface area contributed by atoms with Crippen LogP contribution >= 0.6 is 12.2 Å². The summed E-state index contributed by atoms with van der Waals surface area (Å²) in [5.74, 6) is -0.153. The van der Waals surface area contributed by atoms with Crippen molar-refractivity contribution in [2.75, 3.05) is 13.2 Å². The van der Waals surface area contributed by atoms with Crippen LogP contribution in [0.1, 0.15) is 20.3 Å². The zero-order chi connectivity index (χ0) is 10.3. The van der Waals surface area contributed by atoms with E-state index in [4.69, 9.17) is 10.5 Å². The summed E-state index contributed by atoms with van der Waals surface area (Å²) in [6, 6.07) is 0. The number of hydrogen-bond donors (Lipinski definition) is 2. The summed E-state index contributed by atoms with van der Waals surface area (Å²) in [7, 11) is 0. The molecule has 0 radical (unpaired) electrons. The molecular weight excluding hydrogens is 188 g/mol. The second-order valence-corrected chi connectivity index (χ2v) is 3.44. The molecule has 0 unspecified atom stereocenters. The summed E-state index contributed by atoms with van der Waals surface area (Å²) in [5, 5.41) is 2.64. The summed E-state index contributed by atoms with van der Waals surface area (Å²) >= 11 is 4.58. The first-order valence-corrected chi connectivity index (χ1v) is 4.59. The molecule has 0 aromatic carbocycles. The van der Waals surface area contributed by atoms with Gasteiger partial charge >= 0.3 is 0 Å². The van der Waals surface area contributed by atoms with E-state index in [1.54, 1.807) is 0 Å². The molecule has 0 aromatic rings. The van der Waals surface area contributed by atoms with Crippen LogP contribution in [-0.4, -0.2) is 30.2 Å². The molecule has 13 heavy (non-hydrogen) atoms. The molecule has 0 spiro atoms. The van der Waals surface area contributed by atoms with E-state index in [0.29, 0.717) is 13.2 Å². The van der Waals surface area contributed by atoms with Gasteiger partial charge in [-0.25, -0.2) is 0 Å². The molecule has 4 nitrogen and oxygen atoms in total. The number of rotatable bonds is 6. The van der Waals surface area contributed by atoms with Crippen LogP contribution in [0, 0.1) is 0 Å². The summed E-state index contributed by atoms with van der Waals surface area (Å²) < 4.78 is 5.22. The minimum Gasteiger partial charge on any atom is -0.393 e. The maximum atomic E-state index is 11.0. The molecular formula is C8H16N2O2S. The van der Waals surface area contributed by atoms with Gasteiger partial charge < -0.3 is 15.8 Å². The monoisotopic (exact) mass is 204 g/mol. The first-order chi connectivity index (χ1) is 6.02. The first kappa shape index (κ1) is 12.3. The Morgan fingerprint density at radius 1 is 1.62 bits per heavy atom. The molecule has 0 fully saturated rings. The van der Waals surface area contributed by atoms with Crippen LogP contribution in [0.4, 0.5) is 0 Å². The third-order valence-electron chi connectivity index (χ3n) is 1.21. The second-order valence-electron chi connectivity index (χ2n) is 2.91. The zero-order valence-corrected chi connectivity index (χ0v) is 8.82. The number of carbonyl (C=O) groups excluding carboxylic acids is 1. The minimum absolute atomic E-state index is 0.108. The highest BCUT2D eigenvalue weighted by atomic mass is 32.1. The van der Waals surface area contributed by atoms with E-state index in [1.165, 1.54) is 0 Å². The van der Waals surface area contributed by atoms with E-state index in [-0.39, 0.29) is 23.4 Å². The van der Waals surface area contributed by atoms with Crippen molar-refractivity contribution in [3.63, 3.8) is 0 Å². The maximum Gasteiger partial charge on any atom is 0.226 e. The zero-order valence-electron chi connectivity index (χ0n) is 8.00. The maximum absolute atomic E-state index is 11.0. The largest absolute Gasteiger partial charge is 0.393 e. The molecule has 0 bridgehead atoms. The topological polar surface area (TPSA) is 64.3 Å². The van der Waals surface area contributed by atoms with E-state index in [1.807, 2.05) is 13.8 Å². The highest BCUT2D eigenvalue weighted by Gasteiger charge is 2.01. The van der Waals surface area contributed by atoms with E-state index < -0.39 is 0 Å². The number of thiocarbonyl (C=S) groups is 1. The molecule has 0 saturated carbocycles. The lowest BCUT2D eigenvalue weighted by atomic mass is 10.4. The van der Waals surface area contributed by atoms with Crippen molar-refractivity contribution in [2.45, 2.75) is 26.4 Å². The molecule has 1 amide bonds. The van der Waals surface area contributed by atoms with Crippen LogP contribution < -0.4 is 11.1 Å². The summed E-state index contributed by atoms with van der Waals surface area (Å²) in [4.78, 5) is 11.2. The Bertz CT molecular complexity index is 183. The molecule has 0 aliphatic rings. The normalized spacial score (nSPS) is 10.1. The van der Waals surface area contributed by atoms with Crippen LogP contribution in [0.15, 0.2) is 0 Å². The van der Waals surface area contributed by atoms with Gasteiger partial charge in [0.05, 0.1) is 24.1 Å². The fourth-order valence-electron chi connectivity index (χ4n) is 0.706. The lowest BCUT2D eigenvalue weighted by Crippen LogP contribution is -2.30. The Hall–Kier alpha value is -0.680. The molecule has 5 heteroatoms. The molecule has 0 rings (SSSR count). The number of nitrogens with two attached hydrogens (primary N) is 1. The molecule has 0 heterocycles. The number of amides is 1. The number of carbonyl (C=O) groups is 1. The molecule has 0 aliphatic carbocycles. The average Bonchev–Trinajstić information content (AvgIpc) is 1.96. The van der Waals surface area contributed by atoms with Crippen molar-refractivity contribution in [3.05, 3.63) is 0 Å². The SMILES string of the molecule is CC(C)OCCNC(=O)CC(N)=S. The van der Waals surface area contributed by atoms with Crippen LogP contribution in [0.5, 0.6) is 0 Å². The highest BCUT2D eigenvalue weighted by Crippen LogP contribution is 1.85. The molecule has 0 saturated heterocycles. The number of nitrogens with one attached hydrogen (secondary N) is 1. The van der Waals surface area contributed by atoms with Crippen LogP contribution in [0.25, 0.3) is 0 Å². The van der Waals surface area contributed by atoms with Gasteiger partial charge in [-0.15, -0.1) is 0 Å². The van der Waals surface area contributed by atoms with Crippen molar-refractivity contribution < 1.29 is 9.53 Å². The van der Waals surface area contributed by atoms with Gasteiger partial charge in [-0.2, -0.15) is 0 Å². The second kappa shape index (κ2) is 6.80. The van der Waals surface area contributed by atoms with Gasteiger partial charge in [-0.05, 0) is 13.8 Å². The predicted molar refractivity (Wildman–Crippen MR) is 55.5 cm³/mol. The Labute approximate surface area is 83.8 Å². The van der Waals surface area contributed by atoms with E-state index in [0.717, 1.165) is 0 Å². The van der Waals surface area contributed by atoms with Crippen molar-refractivity contribution in [1.82, 2.24) is 5.32 Å². The Kier molecular flexibility index (Phi) is 6.44. The van der Waals surface area contributed by atoms with Crippen molar-refractivity contribution in [2.24, 2.45) is 5.73 Å². The molecule has 3 N–H and O–H groups in total.